The molecule has 84 valence electrons. The van der Waals surface area contributed by atoms with Crippen molar-refractivity contribution in [3.05, 3.63) is 54.2 Å². The van der Waals surface area contributed by atoms with Crippen molar-refractivity contribution in [3.63, 3.8) is 0 Å². The minimum Gasteiger partial charge on any atom is -0.149 e. The molecule has 1 aromatic carbocycles. The zero-order chi connectivity index (χ0) is 11.5. The van der Waals surface area contributed by atoms with Crippen molar-refractivity contribution >= 4 is 65.8 Å². The Morgan fingerprint density at radius 3 is 2.81 bits per heavy atom. The van der Waals surface area contributed by atoms with E-state index in [0.29, 0.717) is 4.83 Å². The molecule has 0 saturated heterocycles. The van der Waals surface area contributed by atoms with E-state index in [0.717, 1.165) is 10.9 Å². The van der Waals surface area contributed by atoms with Gasteiger partial charge in [0.05, 0.1) is 0 Å². The van der Waals surface area contributed by atoms with Gasteiger partial charge < -0.3 is 0 Å². The first-order chi connectivity index (χ1) is 7.66. The van der Waals surface area contributed by atoms with Crippen LogP contribution in [0.15, 0.2) is 40.2 Å². The Bertz CT molecular complexity index is 468. The van der Waals surface area contributed by atoms with Crippen LogP contribution in [0.2, 0.25) is 0 Å². The average Bonchev–Trinajstić information content (AvgIpc) is 2.74. The van der Waals surface area contributed by atoms with Crippen LogP contribution in [-0.4, -0.2) is 0 Å². The van der Waals surface area contributed by atoms with Gasteiger partial charge in [0.25, 0.3) is 0 Å². The summed E-state index contributed by atoms with van der Waals surface area (Å²) in [6.45, 7) is 0. The number of alkyl halides is 1. The summed E-state index contributed by atoms with van der Waals surface area (Å²) in [5.41, 5.74) is 1.35. The van der Waals surface area contributed by atoms with Crippen LogP contribution in [0.5, 0.6) is 0 Å². The number of halogens is 3. The van der Waals surface area contributed by atoms with E-state index in [1.807, 2.05) is 11.3 Å². The molecule has 0 radical (unpaired) electrons. The van der Waals surface area contributed by atoms with Crippen molar-refractivity contribution in [3.8, 4) is 0 Å². The molecule has 1 atom stereocenters. The number of hydrogen-bond acceptors (Lipinski definition) is 1. The molecule has 0 aliphatic carbocycles. The van der Waals surface area contributed by atoms with Crippen LogP contribution in [0, 0.1) is 3.57 Å². The second-order valence-corrected chi connectivity index (χ2v) is 7.63. The molecular formula is C12H9Br2IS. The van der Waals surface area contributed by atoms with Gasteiger partial charge in [0.15, 0.2) is 0 Å². The summed E-state index contributed by atoms with van der Waals surface area (Å²) >= 11 is 11.5. The van der Waals surface area contributed by atoms with Crippen LogP contribution < -0.4 is 0 Å². The summed E-state index contributed by atoms with van der Waals surface area (Å²) in [4.78, 5) is 1.80. The van der Waals surface area contributed by atoms with Gasteiger partial charge in [-0.05, 0) is 64.2 Å². The third-order valence-electron chi connectivity index (χ3n) is 2.26. The molecule has 0 amide bonds. The van der Waals surface area contributed by atoms with E-state index in [2.05, 4.69) is 90.2 Å². The van der Waals surface area contributed by atoms with Gasteiger partial charge in [-0.25, -0.2) is 0 Å². The van der Waals surface area contributed by atoms with Crippen LogP contribution in [0.3, 0.4) is 0 Å². The van der Waals surface area contributed by atoms with Crippen molar-refractivity contribution in [2.45, 2.75) is 11.2 Å². The van der Waals surface area contributed by atoms with Gasteiger partial charge in [0.2, 0.25) is 0 Å². The lowest BCUT2D eigenvalue weighted by Crippen LogP contribution is -1.96. The van der Waals surface area contributed by atoms with Crippen LogP contribution in [0.4, 0.5) is 0 Å². The van der Waals surface area contributed by atoms with Crippen LogP contribution in [0.25, 0.3) is 0 Å². The highest BCUT2D eigenvalue weighted by Crippen LogP contribution is 2.33. The van der Waals surface area contributed by atoms with Crippen molar-refractivity contribution < 1.29 is 0 Å². The summed E-state index contributed by atoms with van der Waals surface area (Å²) in [5.74, 6) is 0. The monoisotopic (exact) mass is 470 g/mol. The van der Waals surface area contributed by atoms with Gasteiger partial charge in [-0.1, -0.05) is 37.9 Å². The highest BCUT2D eigenvalue weighted by atomic mass is 127. The minimum atomic E-state index is 0.385. The first-order valence-electron chi connectivity index (χ1n) is 4.78. The fourth-order valence-corrected chi connectivity index (χ4v) is 4.68. The smallest absolute Gasteiger partial charge is 0.0454 e. The van der Waals surface area contributed by atoms with Crippen LogP contribution >= 0.6 is 65.8 Å². The van der Waals surface area contributed by atoms with Crippen molar-refractivity contribution in [2.75, 3.05) is 0 Å². The number of thiophene rings is 1. The van der Waals surface area contributed by atoms with E-state index in [-0.39, 0.29) is 0 Å². The maximum absolute atomic E-state index is 3.77. The molecule has 0 saturated carbocycles. The van der Waals surface area contributed by atoms with Gasteiger partial charge in [-0.15, -0.1) is 11.3 Å². The highest BCUT2D eigenvalue weighted by Gasteiger charge is 2.12. The highest BCUT2D eigenvalue weighted by molar-refractivity contribution is 14.1. The van der Waals surface area contributed by atoms with Gasteiger partial charge in [0, 0.05) is 17.7 Å². The molecule has 4 heteroatoms. The number of hydrogen-bond donors (Lipinski definition) is 0. The van der Waals surface area contributed by atoms with Crippen LogP contribution in [0.1, 0.15) is 15.3 Å². The first kappa shape index (κ1) is 13.1. The fraction of sp³-hybridized carbons (Fsp3) is 0.167. The zero-order valence-electron chi connectivity index (χ0n) is 8.29. The quantitative estimate of drug-likeness (QED) is 0.392. The molecule has 0 aliphatic rings. The van der Waals surface area contributed by atoms with E-state index in [4.69, 9.17) is 0 Å². The molecule has 1 aromatic heterocycles. The van der Waals surface area contributed by atoms with Gasteiger partial charge in [0.1, 0.15) is 0 Å². The van der Waals surface area contributed by atoms with Gasteiger partial charge in [-0.3, -0.25) is 0 Å². The van der Waals surface area contributed by atoms with E-state index in [1.54, 1.807) is 0 Å². The lowest BCUT2D eigenvalue weighted by Gasteiger charge is -2.11. The minimum absolute atomic E-state index is 0.385. The standard InChI is InChI=1S/C12H9Br2IS/c13-8-3-4-12(15)10(6-8)11(14)7-9-2-1-5-16-9/h1-6,11H,7H2. The Morgan fingerprint density at radius 2 is 2.12 bits per heavy atom. The topological polar surface area (TPSA) is 0 Å². The molecule has 0 N–H and O–H groups in total. The SMILES string of the molecule is Brc1ccc(I)c(C(Br)Cc2cccs2)c1. The summed E-state index contributed by atoms with van der Waals surface area (Å²) in [6, 6.07) is 10.7. The zero-order valence-corrected chi connectivity index (χ0v) is 14.4. The Hall–Kier alpha value is 0.610. The summed E-state index contributed by atoms with van der Waals surface area (Å²) in [5, 5.41) is 2.13. The average molecular weight is 472 g/mol. The van der Waals surface area contributed by atoms with E-state index >= 15 is 0 Å². The molecule has 2 aromatic rings. The maximum Gasteiger partial charge on any atom is 0.0454 e. The van der Waals surface area contributed by atoms with E-state index in [1.165, 1.54) is 14.0 Å². The third kappa shape index (κ3) is 3.31. The first-order valence-corrected chi connectivity index (χ1v) is 8.45. The van der Waals surface area contributed by atoms with Crippen molar-refractivity contribution in [1.29, 1.82) is 0 Å². The summed E-state index contributed by atoms with van der Waals surface area (Å²) in [7, 11) is 0. The normalized spacial score (nSPS) is 12.7. The molecule has 16 heavy (non-hydrogen) atoms. The number of rotatable bonds is 3. The predicted octanol–water partition coefficient (Wildman–Crippen LogP) is 5.79. The maximum atomic E-state index is 3.77. The van der Waals surface area contributed by atoms with Crippen LogP contribution in [-0.2, 0) is 6.42 Å². The molecule has 1 unspecified atom stereocenters. The largest absolute Gasteiger partial charge is 0.149 e. The third-order valence-corrected chi connectivity index (χ3v) is 5.45. The van der Waals surface area contributed by atoms with Crippen molar-refractivity contribution in [2.24, 2.45) is 0 Å². The lowest BCUT2D eigenvalue weighted by atomic mass is 10.1. The second-order valence-electron chi connectivity index (χ2n) is 3.42. The fourth-order valence-electron chi connectivity index (χ4n) is 1.47. The van der Waals surface area contributed by atoms with Gasteiger partial charge in [-0.2, -0.15) is 0 Å². The Labute approximate surface area is 130 Å². The Kier molecular flexibility index (Phi) is 4.88. The summed E-state index contributed by atoms with van der Waals surface area (Å²) in [6.07, 6.45) is 1.05. The predicted molar refractivity (Wildman–Crippen MR) is 86.6 cm³/mol. The van der Waals surface area contributed by atoms with E-state index < -0.39 is 0 Å². The second kappa shape index (κ2) is 5.98. The molecule has 0 fully saturated rings. The van der Waals surface area contributed by atoms with E-state index in [9.17, 15) is 0 Å². The molecule has 1 heterocycles. The summed E-state index contributed by atoms with van der Waals surface area (Å²) < 4.78 is 2.44. The Balaban J connectivity index is 2.20. The number of benzene rings is 1. The molecule has 0 bridgehead atoms. The molecule has 0 nitrogen and oxygen atoms in total. The molecular weight excluding hydrogens is 463 g/mol. The molecule has 0 aliphatic heterocycles. The van der Waals surface area contributed by atoms with Crippen molar-refractivity contribution in [1.82, 2.24) is 0 Å². The van der Waals surface area contributed by atoms with Gasteiger partial charge >= 0.3 is 0 Å². The molecule has 0 spiro atoms. The molecule has 2 rings (SSSR count). The Morgan fingerprint density at radius 1 is 1.31 bits per heavy atom. The lowest BCUT2D eigenvalue weighted by molar-refractivity contribution is 0.960.